The number of aromatic nitrogens is 2. The molecule has 1 unspecified atom stereocenters. The van der Waals surface area contributed by atoms with Gasteiger partial charge in [0, 0.05) is 30.1 Å². The van der Waals surface area contributed by atoms with Gasteiger partial charge >= 0.3 is 11.9 Å². The Morgan fingerprint density at radius 3 is 2.66 bits per heavy atom. The van der Waals surface area contributed by atoms with Crippen LogP contribution in [0.25, 0.3) is 16.9 Å². The maximum atomic E-state index is 12.3. The number of nitrogens with zero attached hydrogens (tertiary/aromatic N) is 2. The zero-order chi connectivity index (χ0) is 23.5. The Labute approximate surface area is 185 Å². The number of benzene rings is 1. The van der Waals surface area contributed by atoms with E-state index in [1.165, 1.54) is 6.07 Å². The molecule has 0 spiro atoms. The molecule has 3 rings (SSSR count). The van der Waals surface area contributed by atoms with Crippen LogP contribution in [0.4, 0.5) is 0 Å². The van der Waals surface area contributed by atoms with Crippen LogP contribution >= 0.6 is 0 Å². The molecule has 2 heterocycles. The van der Waals surface area contributed by atoms with Gasteiger partial charge in [-0.3, -0.25) is 9.59 Å². The summed E-state index contributed by atoms with van der Waals surface area (Å²) in [5, 5.41) is 12.0. The van der Waals surface area contributed by atoms with Crippen LogP contribution in [0.3, 0.4) is 0 Å². The number of nitrogens with one attached hydrogen (secondary N) is 1. The lowest BCUT2D eigenvalue weighted by Gasteiger charge is -2.22. The highest BCUT2D eigenvalue weighted by atomic mass is 16.6. The largest absolute Gasteiger partial charge is 0.478 e. The normalized spacial score (nSPS) is 12.4. The lowest BCUT2D eigenvalue weighted by molar-refractivity contribution is -0.157. The van der Waals surface area contributed by atoms with Gasteiger partial charge in [-0.25, -0.2) is 9.78 Å². The zero-order valence-electron chi connectivity index (χ0n) is 18.2. The van der Waals surface area contributed by atoms with Gasteiger partial charge in [0.05, 0.1) is 17.7 Å². The Bertz CT molecular complexity index is 1160. The number of esters is 1. The summed E-state index contributed by atoms with van der Waals surface area (Å²) >= 11 is 0. The first-order valence-electron chi connectivity index (χ1n) is 10.1. The average molecular weight is 438 g/mol. The van der Waals surface area contributed by atoms with Crippen LogP contribution in [-0.4, -0.2) is 44.0 Å². The van der Waals surface area contributed by atoms with Crippen LogP contribution in [0.5, 0.6) is 0 Å². The van der Waals surface area contributed by atoms with Gasteiger partial charge in [0.2, 0.25) is 5.91 Å². The predicted octanol–water partition coefficient (Wildman–Crippen LogP) is 2.37. The number of aromatic carboxylic acids is 1. The minimum atomic E-state index is -1.05. The standard InChI is InChI=1S/C23H26N4O5/c1-23(2,3)32-22(31)17(24)11-19(28)25-12-16-8-5-9-27-13-18(26-20(16)27)14-6-4-7-15(10-14)21(29)30/h4-10,13,17H,11-12,24H2,1-3H3,(H,25,28)(H,29,30). The lowest BCUT2D eigenvalue weighted by Crippen LogP contribution is -2.41. The molecule has 168 valence electrons. The van der Waals surface area contributed by atoms with Gasteiger partial charge in [-0.1, -0.05) is 18.2 Å². The van der Waals surface area contributed by atoms with Crippen molar-refractivity contribution < 1.29 is 24.2 Å². The van der Waals surface area contributed by atoms with Crippen molar-refractivity contribution in [2.24, 2.45) is 5.73 Å². The molecule has 0 radical (unpaired) electrons. The summed E-state index contributed by atoms with van der Waals surface area (Å²) < 4.78 is 7.00. The third kappa shape index (κ3) is 5.70. The summed E-state index contributed by atoms with van der Waals surface area (Å²) in [5.74, 6) is -2.02. The second-order valence-corrected chi connectivity index (χ2v) is 8.40. The van der Waals surface area contributed by atoms with E-state index in [2.05, 4.69) is 10.3 Å². The van der Waals surface area contributed by atoms with Gasteiger partial charge < -0.3 is 25.3 Å². The van der Waals surface area contributed by atoms with E-state index < -0.39 is 23.6 Å². The predicted molar refractivity (Wildman–Crippen MR) is 118 cm³/mol. The fraction of sp³-hybridized carbons (Fsp3) is 0.304. The van der Waals surface area contributed by atoms with Gasteiger partial charge in [0.15, 0.2) is 0 Å². The van der Waals surface area contributed by atoms with Gasteiger partial charge in [0.1, 0.15) is 17.3 Å². The summed E-state index contributed by atoms with van der Waals surface area (Å²) in [7, 11) is 0. The molecular weight excluding hydrogens is 412 g/mol. The second-order valence-electron chi connectivity index (χ2n) is 8.40. The highest BCUT2D eigenvalue weighted by molar-refractivity contribution is 5.89. The molecule has 2 aromatic heterocycles. The molecule has 3 aromatic rings. The number of carbonyl (C=O) groups is 3. The summed E-state index contributed by atoms with van der Waals surface area (Å²) in [4.78, 5) is 40.1. The second kappa shape index (κ2) is 9.19. The molecule has 0 fully saturated rings. The van der Waals surface area contributed by atoms with Gasteiger partial charge in [-0.2, -0.15) is 0 Å². The Morgan fingerprint density at radius 1 is 1.22 bits per heavy atom. The highest BCUT2D eigenvalue weighted by Crippen LogP contribution is 2.22. The Balaban J connectivity index is 1.71. The first-order valence-corrected chi connectivity index (χ1v) is 10.1. The Morgan fingerprint density at radius 2 is 1.97 bits per heavy atom. The molecule has 0 aliphatic heterocycles. The van der Waals surface area contributed by atoms with Crippen LogP contribution in [0, 0.1) is 0 Å². The summed E-state index contributed by atoms with van der Waals surface area (Å²) in [6, 6.07) is 9.12. The van der Waals surface area contributed by atoms with Gasteiger partial charge in [0.25, 0.3) is 0 Å². The minimum absolute atomic E-state index is 0.174. The molecule has 0 aliphatic rings. The number of imidazole rings is 1. The molecular formula is C23H26N4O5. The van der Waals surface area contributed by atoms with Crippen molar-refractivity contribution in [3.8, 4) is 11.3 Å². The van der Waals surface area contributed by atoms with Gasteiger partial charge in [-0.15, -0.1) is 0 Å². The first kappa shape index (κ1) is 23.0. The van der Waals surface area contributed by atoms with Crippen LogP contribution < -0.4 is 11.1 Å². The van der Waals surface area contributed by atoms with Crippen molar-refractivity contribution in [1.82, 2.24) is 14.7 Å². The van der Waals surface area contributed by atoms with E-state index in [4.69, 9.17) is 10.5 Å². The molecule has 0 aliphatic carbocycles. The molecule has 0 bridgehead atoms. The topological polar surface area (TPSA) is 136 Å². The van der Waals surface area contributed by atoms with Crippen molar-refractivity contribution in [1.29, 1.82) is 0 Å². The number of fused-ring (bicyclic) bond motifs is 1. The van der Waals surface area contributed by atoms with Crippen LogP contribution in [-0.2, 0) is 20.9 Å². The first-order chi connectivity index (χ1) is 15.0. The molecule has 0 saturated carbocycles. The van der Waals surface area contributed by atoms with Crippen molar-refractivity contribution in [2.75, 3.05) is 0 Å². The van der Waals surface area contributed by atoms with Crippen molar-refractivity contribution >= 4 is 23.5 Å². The van der Waals surface area contributed by atoms with Crippen LogP contribution in [0.15, 0.2) is 48.8 Å². The number of carboxylic acids is 1. The highest BCUT2D eigenvalue weighted by Gasteiger charge is 2.24. The lowest BCUT2D eigenvalue weighted by atomic mass is 10.1. The van der Waals surface area contributed by atoms with Crippen molar-refractivity contribution in [3.05, 3.63) is 59.9 Å². The minimum Gasteiger partial charge on any atom is -0.478 e. The zero-order valence-corrected chi connectivity index (χ0v) is 18.2. The number of amides is 1. The maximum absolute atomic E-state index is 12.3. The summed E-state index contributed by atoms with van der Waals surface area (Å²) in [5.41, 5.74) is 7.95. The fourth-order valence-electron chi connectivity index (χ4n) is 3.09. The molecule has 4 N–H and O–H groups in total. The van der Waals surface area contributed by atoms with E-state index in [0.29, 0.717) is 16.9 Å². The van der Waals surface area contributed by atoms with E-state index in [0.717, 1.165) is 5.56 Å². The number of pyridine rings is 1. The third-order valence-corrected chi connectivity index (χ3v) is 4.56. The third-order valence-electron chi connectivity index (χ3n) is 4.56. The number of carboxylic acid groups (broad SMARTS) is 1. The Kier molecular flexibility index (Phi) is 6.59. The smallest absolute Gasteiger partial charge is 0.335 e. The average Bonchev–Trinajstić information content (AvgIpc) is 3.16. The molecule has 9 nitrogen and oxygen atoms in total. The summed E-state index contributed by atoms with van der Waals surface area (Å²) in [6.07, 6.45) is 3.41. The van der Waals surface area contributed by atoms with Crippen LogP contribution in [0.1, 0.15) is 43.1 Å². The van der Waals surface area contributed by atoms with E-state index >= 15 is 0 Å². The SMILES string of the molecule is CC(C)(C)OC(=O)C(N)CC(=O)NCc1cccn2cc(-c3cccc(C(=O)O)c3)nc12. The fourth-order valence-corrected chi connectivity index (χ4v) is 3.09. The number of nitrogens with two attached hydrogens (primary N) is 1. The van der Waals surface area contributed by atoms with Crippen molar-refractivity contribution in [2.45, 2.75) is 45.4 Å². The Hall–Kier alpha value is -3.72. The van der Waals surface area contributed by atoms with Gasteiger partial charge in [-0.05, 0) is 39.0 Å². The number of rotatable bonds is 7. The van der Waals surface area contributed by atoms with Crippen molar-refractivity contribution in [3.63, 3.8) is 0 Å². The molecule has 0 saturated heterocycles. The van der Waals surface area contributed by atoms with E-state index in [9.17, 15) is 19.5 Å². The summed E-state index contributed by atoms with van der Waals surface area (Å²) in [6.45, 7) is 5.38. The van der Waals surface area contributed by atoms with E-state index in [1.807, 2.05) is 18.3 Å². The van der Waals surface area contributed by atoms with E-state index in [1.54, 1.807) is 49.6 Å². The molecule has 1 atom stereocenters. The number of hydrogen-bond acceptors (Lipinski definition) is 6. The molecule has 1 aromatic carbocycles. The number of hydrogen-bond donors (Lipinski definition) is 3. The molecule has 1 amide bonds. The maximum Gasteiger partial charge on any atom is 0.335 e. The molecule has 9 heteroatoms. The number of carbonyl (C=O) groups excluding carboxylic acids is 2. The monoisotopic (exact) mass is 438 g/mol. The van der Waals surface area contributed by atoms with Crippen LogP contribution in [0.2, 0.25) is 0 Å². The van der Waals surface area contributed by atoms with E-state index in [-0.39, 0.29) is 24.4 Å². The number of ether oxygens (including phenoxy) is 1. The quantitative estimate of drug-likeness (QED) is 0.482. The molecule has 32 heavy (non-hydrogen) atoms.